The van der Waals surface area contributed by atoms with E-state index in [2.05, 4.69) is 18.5 Å². The highest BCUT2D eigenvalue weighted by Crippen LogP contribution is 2.59. The standard InChI is InChI=1S/C37H44ClN3O7/c1-5-7-17-28(43)39-24(4)32(25-14-9-8-10-15-25)47-36(46)29-27-18-19-37(48-27)30(29)34(44)41(21-12-22-42)33(37)35(45)40(20-6-2)31-23(3)13-11-16-26(31)38/h5-6,8-11,13-16,24,27,29-30,32-33,42H,1-2,7,12,17-22H2,3-4H3,(H,39,43)/t24-,27-,29+,30+,32-,33-,37+/m1/s1. The van der Waals surface area contributed by atoms with E-state index in [0.29, 0.717) is 35.5 Å². The van der Waals surface area contributed by atoms with E-state index in [9.17, 15) is 24.3 Å². The lowest BCUT2D eigenvalue weighted by Crippen LogP contribution is -2.56. The molecule has 2 bridgehead atoms. The first-order valence-electron chi connectivity index (χ1n) is 16.5. The Balaban J connectivity index is 1.48. The van der Waals surface area contributed by atoms with Crippen molar-refractivity contribution >= 4 is 41.0 Å². The first-order valence-corrected chi connectivity index (χ1v) is 16.9. The summed E-state index contributed by atoms with van der Waals surface area (Å²) < 4.78 is 12.8. The largest absolute Gasteiger partial charge is 0.455 e. The van der Waals surface area contributed by atoms with Gasteiger partial charge >= 0.3 is 5.97 Å². The maximum Gasteiger partial charge on any atom is 0.313 e. The predicted octanol–water partition coefficient (Wildman–Crippen LogP) is 4.68. The number of aliphatic hydroxyl groups excluding tert-OH is 1. The summed E-state index contributed by atoms with van der Waals surface area (Å²) >= 11 is 6.63. The second-order valence-electron chi connectivity index (χ2n) is 12.8. The van der Waals surface area contributed by atoms with E-state index < -0.39 is 53.6 Å². The Bertz CT molecular complexity index is 1530. The van der Waals surface area contributed by atoms with Crippen molar-refractivity contribution in [1.29, 1.82) is 0 Å². The molecule has 256 valence electrons. The van der Waals surface area contributed by atoms with Crippen LogP contribution in [-0.2, 0) is 28.7 Å². The van der Waals surface area contributed by atoms with Gasteiger partial charge in [0.1, 0.15) is 17.7 Å². The van der Waals surface area contributed by atoms with Gasteiger partial charge in [-0.05, 0) is 56.7 Å². The van der Waals surface area contributed by atoms with E-state index in [1.165, 1.54) is 9.80 Å². The quantitative estimate of drug-likeness (QED) is 0.207. The molecule has 3 heterocycles. The third-order valence-electron chi connectivity index (χ3n) is 9.69. The highest BCUT2D eigenvalue weighted by Gasteiger charge is 2.75. The van der Waals surface area contributed by atoms with Gasteiger partial charge in [-0.3, -0.25) is 19.2 Å². The number of halogens is 1. The maximum absolute atomic E-state index is 14.7. The van der Waals surface area contributed by atoms with E-state index in [4.69, 9.17) is 21.1 Å². The minimum atomic E-state index is -1.28. The third kappa shape index (κ3) is 6.53. The Hall–Kier alpha value is -3.99. The van der Waals surface area contributed by atoms with Crippen molar-refractivity contribution < 1.29 is 33.8 Å². The lowest BCUT2D eigenvalue weighted by Gasteiger charge is -2.37. The van der Waals surface area contributed by atoms with Crippen LogP contribution in [0.4, 0.5) is 5.69 Å². The van der Waals surface area contributed by atoms with Gasteiger partial charge in [0.05, 0.1) is 34.7 Å². The lowest BCUT2D eigenvalue weighted by atomic mass is 9.70. The average molecular weight is 678 g/mol. The minimum Gasteiger partial charge on any atom is -0.455 e. The fourth-order valence-corrected chi connectivity index (χ4v) is 7.98. The molecule has 7 atom stereocenters. The molecular weight excluding hydrogens is 634 g/mol. The van der Waals surface area contributed by atoms with Gasteiger partial charge in [-0.2, -0.15) is 0 Å². The summed E-state index contributed by atoms with van der Waals surface area (Å²) in [7, 11) is 0. The number of anilines is 1. The molecule has 0 aliphatic carbocycles. The first kappa shape index (κ1) is 35.3. The van der Waals surface area contributed by atoms with Gasteiger partial charge in [0, 0.05) is 26.1 Å². The van der Waals surface area contributed by atoms with Crippen molar-refractivity contribution in [1.82, 2.24) is 10.2 Å². The zero-order valence-corrected chi connectivity index (χ0v) is 28.2. The molecule has 2 N–H and O–H groups in total. The van der Waals surface area contributed by atoms with Gasteiger partial charge in [-0.1, -0.05) is 66.2 Å². The molecule has 3 saturated heterocycles. The highest BCUT2D eigenvalue weighted by atomic mass is 35.5. The van der Waals surface area contributed by atoms with Crippen LogP contribution in [-0.4, -0.2) is 77.2 Å². The van der Waals surface area contributed by atoms with Gasteiger partial charge < -0.3 is 29.7 Å². The number of aryl methyl sites for hydroxylation is 1. The number of para-hydroxylation sites is 1. The Labute approximate surface area is 286 Å². The zero-order valence-electron chi connectivity index (χ0n) is 27.5. The number of carbonyl (C=O) groups is 4. The number of likely N-dealkylation sites (tertiary alicyclic amines) is 1. The Kier molecular flexibility index (Phi) is 11.1. The fourth-order valence-electron chi connectivity index (χ4n) is 7.66. The number of nitrogens with one attached hydrogen (secondary N) is 1. The molecule has 11 heteroatoms. The number of carbonyl (C=O) groups excluding carboxylic acids is 4. The number of nitrogens with zero attached hydrogens (tertiary/aromatic N) is 2. The molecule has 3 aliphatic rings. The van der Waals surface area contributed by atoms with E-state index in [1.54, 1.807) is 31.2 Å². The number of benzene rings is 2. The summed E-state index contributed by atoms with van der Waals surface area (Å²) in [5.74, 6) is -3.55. The molecule has 3 aliphatic heterocycles. The summed E-state index contributed by atoms with van der Waals surface area (Å²) in [6.07, 6.45) is 3.63. The summed E-state index contributed by atoms with van der Waals surface area (Å²) in [4.78, 5) is 58.9. The van der Waals surface area contributed by atoms with Crippen LogP contribution in [0.3, 0.4) is 0 Å². The van der Waals surface area contributed by atoms with Gasteiger partial charge in [0.2, 0.25) is 11.8 Å². The normalized spacial score (nSPS) is 25.2. The molecule has 1 spiro atoms. The number of esters is 1. The van der Waals surface area contributed by atoms with E-state index in [-0.39, 0.29) is 44.4 Å². The average Bonchev–Trinajstić information content (AvgIpc) is 3.72. The summed E-state index contributed by atoms with van der Waals surface area (Å²) in [5, 5.41) is 13.0. The number of aliphatic hydroxyl groups is 1. The molecule has 0 unspecified atom stereocenters. The predicted molar refractivity (Wildman–Crippen MR) is 182 cm³/mol. The minimum absolute atomic E-state index is 0.101. The summed E-state index contributed by atoms with van der Waals surface area (Å²) in [6.45, 7) is 11.2. The SMILES string of the molecule is C=CCCC(=O)N[C@H](C)[C@@H](OC(=O)[C@@H]1[C@H]2C(=O)N(CCCO)[C@H](C(=O)N(CC=C)c3c(C)cccc3Cl)[C@]23CC[C@H]1O3)c1ccccc1. The topological polar surface area (TPSA) is 125 Å². The van der Waals surface area contributed by atoms with Gasteiger partial charge in [-0.25, -0.2) is 0 Å². The molecule has 3 amide bonds. The number of ether oxygens (including phenoxy) is 2. The number of hydrogen-bond donors (Lipinski definition) is 2. The molecule has 2 aromatic rings. The van der Waals surface area contributed by atoms with Crippen molar-refractivity contribution in [2.24, 2.45) is 11.8 Å². The third-order valence-corrected chi connectivity index (χ3v) is 9.99. The van der Waals surface area contributed by atoms with E-state index in [0.717, 1.165) is 5.56 Å². The second-order valence-corrected chi connectivity index (χ2v) is 13.2. The zero-order chi connectivity index (χ0) is 34.6. The Morgan fingerprint density at radius 2 is 1.94 bits per heavy atom. The van der Waals surface area contributed by atoms with Crippen molar-refractivity contribution in [3.05, 3.63) is 90.0 Å². The van der Waals surface area contributed by atoms with Crippen LogP contribution in [0.5, 0.6) is 0 Å². The van der Waals surface area contributed by atoms with Gasteiger partial charge in [0.25, 0.3) is 5.91 Å². The van der Waals surface area contributed by atoms with Gasteiger partial charge in [-0.15, -0.1) is 13.2 Å². The van der Waals surface area contributed by atoms with Crippen molar-refractivity contribution in [2.75, 3.05) is 24.6 Å². The number of rotatable bonds is 15. The molecule has 5 rings (SSSR count). The molecular formula is C37H44ClN3O7. The maximum atomic E-state index is 14.7. The van der Waals surface area contributed by atoms with Crippen LogP contribution >= 0.6 is 11.6 Å². The van der Waals surface area contributed by atoms with Crippen molar-refractivity contribution in [2.45, 2.75) is 75.8 Å². The first-order chi connectivity index (χ1) is 23.1. The molecule has 3 fully saturated rings. The van der Waals surface area contributed by atoms with Crippen LogP contribution < -0.4 is 10.2 Å². The van der Waals surface area contributed by atoms with Crippen molar-refractivity contribution in [3.63, 3.8) is 0 Å². The van der Waals surface area contributed by atoms with Crippen LogP contribution in [0.15, 0.2) is 73.8 Å². The van der Waals surface area contributed by atoms with E-state index in [1.807, 2.05) is 43.3 Å². The summed E-state index contributed by atoms with van der Waals surface area (Å²) in [5.41, 5.74) is 0.691. The smallest absolute Gasteiger partial charge is 0.313 e. The molecule has 48 heavy (non-hydrogen) atoms. The molecule has 0 saturated carbocycles. The second kappa shape index (κ2) is 15.1. The number of fused-ring (bicyclic) bond motifs is 1. The molecule has 2 aromatic carbocycles. The molecule has 0 aromatic heterocycles. The monoisotopic (exact) mass is 677 g/mol. The number of hydrogen-bond acceptors (Lipinski definition) is 7. The molecule has 10 nitrogen and oxygen atoms in total. The Morgan fingerprint density at radius 3 is 2.60 bits per heavy atom. The van der Waals surface area contributed by atoms with Crippen LogP contribution in [0.1, 0.15) is 56.3 Å². The van der Waals surface area contributed by atoms with E-state index >= 15 is 0 Å². The van der Waals surface area contributed by atoms with Crippen LogP contribution in [0.25, 0.3) is 0 Å². The fraction of sp³-hybridized carbons (Fsp3) is 0.459. The summed E-state index contributed by atoms with van der Waals surface area (Å²) in [6, 6.07) is 12.8. The van der Waals surface area contributed by atoms with Crippen molar-refractivity contribution in [3.8, 4) is 0 Å². The number of amides is 3. The van der Waals surface area contributed by atoms with Gasteiger partial charge in [0.15, 0.2) is 0 Å². The number of allylic oxidation sites excluding steroid dienone is 1. The molecule has 0 radical (unpaired) electrons. The Morgan fingerprint density at radius 1 is 1.19 bits per heavy atom. The van der Waals surface area contributed by atoms with Crippen LogP contribution in [0.2, 0.25) is 5.02 Å². The lowest BCUT2D eigenvalue weighted by molar-refractivity contribution is -0.162. The highest BCUT2D eigenvalue weighted by molar-refractivity contribution is 6.34. The van der Waals surface area contributed by atoms with Crippen LogP contribution in [0, 0.1) is 18.8 Å².